The maximum absolute atomic E-state index is 11.4. The van der Waals surface area contributed by atoms with Gasteiger partial charge in [-0.3, -0.25) is 4.79 Å². The van der Waals surface area contributed by atoms with Gasteiger partial charge in [0.25, 0.3) is 0 Å². The van der Waals surface area contributed by atoms with Crippen LogP contribution in [0.15, 0.2) is 11.6 Å². The van der Waals surface area contributed by atoms with Crippen LogP contribution in [0.25, 0.3) is 0 Å². The first-order valence-corrected chi connectivity index (χ1v) is 4.60. The Hall–Kier alpha value is -0.830. The summed E-state index contributed by atoms with van der Waals surface area (Å²) in [6.07, 6.45) is 2.61. The summed E-state index contributed by atoms with van der Waals surface area (Å²) in [6.45, 7) is 8.19. The molecule has 3 heteroatoms. The Morgan fingerprint density at radius 3 is 2.46 bits per heavy atom. The fraction of sp³-hybridized carbons (Fsp3) is 0.700. The lowest BCUT2D eigenvalue weighted by molar-refractivity contribution is -0.125. The SMILES string of the molecule is CCC(C)(N)C(=O)NCC=C(C)C. The van der Waals surface area contributed by atoms with Crippen LogP contribution in [0.2, 0.25) is 0 Å². The second-order valence-corrected chi connectivity index (χ2v) is 3.76. The summed E-state index contributed by atoms with van der Waals surface area (Å²) in [6, 6.07) is 0. The lowest BCUT2D eigenvalue weighted by Gasteiger charge is -2.20. The minimum Gasteiger partial charge on any atom is -0.351 e. The van der Waals surface area contributed by atoms with Gasteiger partial charge in [0.1, 0.15) is 0 Å². The van der Waals surface area contributed by atoms with Crippen LogP contribution in [0, 0.1) is 0 Å². The number of carbonyl (C=O) groups is 1. The highest BCUT2D eigenvalue weighted by atomic mass is 16.2. The summed E-state index contributed by atoms with van der Waals surface area (Å²) in [5.41, 5.74) is 6.19. The molecule has 1 atom stereocenters. The van der Waals surface area contributed by atoms with Crippen molar-refractivity contribution in [1.82, 2.24) is 5.32 Å². The van der Waals surface area contributed by atoms with E-state index in [1.807, 2.05) is 26.8 Å². The Labute approximate surface area is 80.4 Å². The van der Waals surface area contributed by atoms with Crippen LogP contribution in [0.3, 0.4) is 0 Å². The number of rotatable bonds is 4. The second-order valence-electron chi connectivity index (χ2n) is 3.76. The number of hydrogen-bond donors (Lipinski definition) is 2. The Morgan fingerprint density at radius 2 is 2.08 bits per heavy atom. The van der Waals surface area contributed by atoms with E-state index in [0.29, 0.717) is 13.0 Å². The van der Waals surface area contributed by atoms with Crippen LogP contribution in [-0.4, -0.2) is 18.0 Å². The number of hydrogen-bond acceptors (Lipinski definition) is 2. The maximum atomic E-state index is 11.4. The van der Waals surface area contributed by atoms with Gasteiger partial charge >= 0.3 is 0 Å². The molecule has 0 rings (SSSR count). The average Bonchev–Trinajstić information content (AvgIpc) is 2.03. The van der Waals surface area contributed by atoms with E-state index in [9.17, 15) is 4.79 Å². The van der Waals surface area contributed by atoms with Gasteiger partial charge in [-0.1, -0.05) is 18.6 Å². The number of amides is 1. The number of nitrogens with one attached hydrogen (secondary N) is 1. The lowest BCUT2D eigenvalue weighted by Crippen LogP contribution is -2.51. The van der Waals surface area contributed by atoms with Crippen molar-refractivity contribution in [1.29, 1.82) is 0 Å². The summed E-state index contributed by atoms with van der Waals surface area (Å²) in [4.78, 5) is 11.4. The zero-order chi connectivity index (χ0) is 10.5. The Bertz CT molecular complexity index is 203. The summed E-state index contributed by atoms with van der Waals surface area (Å²) >= 11 is 0. The topological polar surface area (TPSA) is 55.1 Å². The molecule has 0 saturated heterocycles. The summed E-state index contributed by atoms with van der Waals surface area (Å²) in [5, 5.41) is 2.76. The fourth-order valence-corrected chi connectivity index (χ4v) is 0.710. The molecule has 76 valence electrons. The fourth-order valence-electron chi connectivity index (χ4n) is 0.710. The van der Waals surface area contributed by atoms with Crippen LogP contribution < -0.4 is 11.1 Å². The van der Waals surface area contributed by atoms with E-state index in [1.54, 1.807) is 6.92 Å². The van der Waals surface area contributed by atoms with Crippen molar-refractivity contribution in [3.8, 4) is 0 Å². The second kappa shape index (κ2) is 5.02. The molecule has 0 aliphatic carbocycles. The van der Waals surface area contributed by atoms with E-state index in [0.717, 1.165) is 0 Å². The third-order valence-corrected chi connectivity index (χ3v) is 2.03. The molecular weight excluding hydrogens is 164 g/mol. The monoisotopic (exact) mass is 184 g/mol. The minimum atomic E-state index is -0.741. The molecule has 0 spiro atoms. The molecule has 0 saturated carbocycles. The largest absolute Gasteiger partial charge is 0.351 e. The van der Waals surface area contributed by atoms with Gasteiger partial charge < -0.3 is 11.1 Å². The van der Waals surface area contributed by atoms with Crippen molar-refractivity contribution in [2.75, 3.05) is 6.54 Å². The number of nitrogens with two attached hydrogens (primary N) is 1. The van der Waals surface area contributed by atoms with Crippen LogP contribution in [-0.2, 0) is 4.79 Å². The molecule has 0 fully saturated rings. The Morgan fingerprint density at radius 1 is 1.54 bits per heavy atom. The van der Waals surface area contributed by atoms with E-state index in [1.165, 1.54) is 5.57 Å². The third-order valence-electron chi connectivity index (χ3n) is 2.03. The van der Waals surface area contributed by atoms with Crippen molar-refractivity contribution in [3.63, 3.8) is 0 Å². The molecule has 0 aromatic rings. The first-order chi connectivity index (χ1) is 5.90. The molecule has 1 unspecified atom stereocenters. The average molecular weight is 184 g/mol. The van der Waals surface area contributed by atoms with Crippen LogP contribution in [0.5, 0.6) is 0 Å². The van der Waals surface area contributed by atoms with Gasteiger partial charge in [0.05, 0.1) is 5.54 Å². The predicted octanol–water partition coefficient (Wildman–Crippen LogP) is 1.20. The van der Waals surface area contributed by atoms with E-state index in [-0.39, 0.29) is 5.91 Å². The van der Waals surface area contributed by atoms with Crippen molar-refractivity contribution < 1.29 is 4.79 Å². The quantitative estimate of drug-likeness (QED) is 0.645. The van der Waals surface area contributed by atoms with E-state index in [2.05, 4.69) is 5.32 Å². The summed E-state index contributed by atoms with van der Waals surface area (Å²) < 4.78 is 0. The highest BCUT2D eigenvalue weighted by Gasteiger charge is 2.24. The smallest absolute Gasteiger partial charge is 0.240 e. The van der Waals surface area contributed by atoms with Crippen molar-refractivity contribution >= 4 is 5.91 Å². The zero-order valence-electron chi connectivity index (χ0n) is 8.98. The molecule has 0 bridgehead atoms. The van der Waals surface area contributed by atoms with Gasteiger partial charge in [-0.05, 0) is 27.2 Å². The predicted molar refractivity (Wildman–Crippen MR) is 55.3 cm³/mol. The van der Waals surface area contributed by atoms with Gasteiger partial charge in [-0.25, -0.2) is 0 Å². The van der Waals surface area contributed by atoms with E-state index in [4.69, 9.17) is 5.73 Å². The van der Waals surface area contributed by atoms with Crippen LogP contribution >= 0.6 is 0 Å². The highest BCUT2D eigenvalue weighted by molar-refractivity contribution is 5.85. The molecule has 13 heavy (non-hydrogen) atoms. The molecular formula is C10H20N2O. The highest BCUT2D eigenvalue weighted by Crippen LogP contribution is 2.03. The Kier molecular flexibility index (Phi) is 4.70. The van der Waals surface area contributed by atoms with Crippen LogP contribution in [0.4, 0.5) is 0 Å². The molecule has 3 N–H and O–H groups in total. The molecule has 0 aromatic heterocycles. The minimum absolute atomic E-state index is 0.0903. The summed E-state index contributed by atoms with van der Waals surface area (Å²) in [7, 11) is 0. The van der Waals surface area contributed by atoms with Crippen molar-refractivity contribution in [2.45, 2.75) is 39.7 Å². The maximum Gasteiger partial charge on any atom is 0.240 e. The molecule has 0 heterocycles. The molecule has 0 aliphatic heterocycles. The normalized spacial score (nSPS) is 14.5. The zero-order valence-corrected chi connectivity index (χ0v) is 8.98. The van der Waals surface area contributed by atoms with Crippen molar-refractivity contribution in [2.24, 2.45) is 5.73 Å². The van der Waals surface area contributed by atoms with E-state index < -0.39 is 5.54 Å². The van der Waals surface area contributed by atoms with Gasteiger partial charge in [-0.2, -0.15) is 0 Å². The molecule has 1 amide bonds. The standard InChI is InChI=1S/C10H20N2O/c1-5-10(4,11)9(13)12-7-6-8(2)3/h6H,5,7,11H2,1-4H3,(H,12,13). The van der Waals surface area contributed by atoms with Crippen molar-refractivity contribution in [3.05, 3.63) is 11.6 Å². The number of carbonyl (C=O) groups excluding carboxylic acids is 1. The summed E-state index contributed by atoms with van der Waals surface area (Å²) in [5.74, 6) is -0.0903. The molecule has 0 radical (unpaired) electrons. The first kappa shape index (κ1) is 12.2. The lowest BCUT2D eigenvalue weighted by atomic mass is 10.00. The molecule has 3 nitrogen and oxygen atoms in total. The third kappa shape index (κ3) is 4.68. The molecule has 0 aromatic carbocycles. The van der Waals surface area contributed by atoms with Crippen LogP contribution in [0.1, 0.15) is 34.1 Å². The Balaban J connectivity index is 3.95. The van der Waals surface area contributed by atoms with Gasteiger partial charge in [-0.15, -0.1) is 0 Å². The molecule has 0 aliphatic rings. The number of allylic oxidation sites excluding steroid dienone is 1. The first-order valence-electron chi connectivity index (χ1n) is 4.60. The van der Waals surface area contributed by atoms with Gasteiger partial charge in [0.15, 0.2) is 0 Å². The van der Waals surface area contributed by atoms with Gasteiger partial charge in [0.2, 0.25) is 5.91 Å². The van der Waals surface area contributed by atoms with Gasteiger partial charge in [0, 0.05) is 6.54 Å². The van der Waals surface area contributed by atoms with E-state index >= 15 is 0 Å².